The zero-order chi connectivity index (χ0) is 14.1. The molecule has 0 amide bonds. The minimum atomic E-state index is 0.102. The highest BCUT2D eigenvalue weighted by atomic mass is 16.3. The van der Waals surface area contributed by atoms with E-state index in [4.69, 9.17) is 4.42 Å². The van der Waals surface area contributed by atoms with E-state index in [0.717, 1.165) is 33.8 Å². The third-order valence-electron chi connectivity index (χ3n) is 3.47. The van der Waals surface area contributed by atoms with Crippen molar-refractivity contribution in [2.45, 2.75) is 26.8 Å². The van der Waals surface area contributed by atoms with E-state index in [1.165, 1.54) is 0 Å². The quantitative estimate of drug-likeness (QED) is 0.751. The van der Waals surface area contributed by atoms with Crippen molar-refractivity contribution in [2.24, 2.45) is 0 Å². The highest BCUT2D eigenvalue weighted by molar-refractivity contribution is 5.77. The molecule has 0 aliphatic rings. The van der Waals surface area contributed by atoms with Crippen LogP contribution in [0.4, 0.5) is 5.69 Å². The molecule has 102 valence electrons. The van der Waals surface area contributed by atoms with Crippen LogP contribution < -0.4 is 5.32 Å². The second kappa shape index (κ2) is 5.00. The monoisotopic (exact) mass is 266 g/mol. The summed E-state index contributed by atoms with van der Waals surface area (Å²) in [6.45, 7) is 6.11. The van der Waals surface area contributed by atoms with E-state index in [1.54, 1.807) is 0 Å². The van der Waals surface area contributed by atoms with Crippen LogP contribution in [0.3, 0.4) is 0 Å². The summed E-state index contributed by atoms with van der Waals surface area (Å²) in [4.78, 5) is 4.47. The lowest BCUT2D eigenvalue weighted by atomic mass is 10.2. The molecule has 3 heteroatoms. The first-order chi connectivity index (χ1) is 9.63. The first kappa shape index (κ1) is 12.7. The number of aromatic nitrogens is 1. The van der Waals surface area contributed by atoms with Crippen LogP contribution in [0.2, 0.25) is 0 Å². The van der Waals surface area contributed by atoms with E-state index >= 15 is 0 Å². The van der Waals surface area contributed by atoms with Gasteiger partial charge < -0.3 is 9.73 Å². The smallest absolute Gasteiger partial charge is 0.134 e. The Balaban J connectivity index is 1.86. The molecule has 1 unspecified atom stereocenters. The van der Waals surface area contributed by atoms with Crippen LogP contribution in [0.1, 0.15) is 30.1 Å². The molecule has 0 saturated heterocycles. The van der Waals surface area contributed by atoms with Crippen LogP contribution in [-0.4, -0.2) is 4.98 Å². The number of pyridine rings is 1. The van der Waals surface area contributed by atoms with Crippen molar-refractivity contribution in [1.82, 2.24) is 4.98 Å². The van der Waals surface area contributed by atoms with Gasteiger partial charge in [-0.15, -0.1) is 0 Å². The van der Waals surface area contributed by atoms with Gasteiger partial charge in [-0.1, -0.05) is 18.2 Å². The largest absolute Gasteiger partial charge is 0.459 e. The Bertz CT molecular complexity index is 713. The molecule has 1 N–H and O–H groups in total. The molecule has 0 aliphatic carbocycles. The maximum Gasteiger partial charge on any atom is 0.134 e. The second-order valence-corrected chi connectivity index (χ2v) is 5.14. The first-order valence-corrected chi connectivity index (χ1v) is 6.83. The first-order valence-electron chi connectivity index (χ1n) is 6.83. The number of anilines is 1. The number of nitrogens with zero attached hydrogens (tertiary/aromatic N) is 1. The van der Waals surface area contributed by atoms with Gasteiger partial charge in [0.15, 0.2) is 0 Å². The highest BCUT2D eigenvalue weighted by Gasteiger charge is 2.12. The van der Waals surface area contributed by atoms with Crippen LogP contribution in [0.25, 0.3) is 11.0 Å². The Morgan fingerprint density at radius 1 is 1.10 bits per heavy atom. The lowest BCUT2D eigenvalue weighted by Crippen LogP contribution is -2.07. The van der Waals surface area contributed by atoms with E-state index in [9.17, 15) is 0 Å². The van der Waals surface area contributed by atoms with Crippen LogP contribution >= 0.6 is 0 Å². The average molecular weight is 266 g/mol. The van der Waals surface area contributed by atoms with Crippen LogP contribution in [0.15, 0.2) is 46.9 Å². The fraction of sp³-hybridized carbons (Fsp3) is 0.235. The molecule has 0 fully saturated rings. The SMILES string of the molecule is Cc1ccc(NC(C)c2cc3ccccc3o2)c(C)n1. The van der Waals surface area contributed by atoms with Gasteiger partial charge in [0.05, 0.1) is 17.4 Å². The van der Waals surface area contributed by atoms with Crippen molar-refractivity contribution in [1.29, 1.82) is 0 Å². The van der Waals surface area contributed by atoms with Crippen molar-refractivity contribution in [3.8, 4) is 0 Å². The van der Waals surface area contributed by atoms with E-state index in [1.807, 2.05) is 38.1 Å². The number of nitrogens with one attached hydrogen (secondary N) is 1. The lowest BCUT2D eigenvalue weighted by molar-refractivity contribution is 0.526. The highest BCUT2D eigenvalue weighted by Crippen LogP contribution is 2.26. The van der Waals surface area contributed by atoms with Crippen LogP contribution in [0.5, 0.6) is 0 Å². The normalized spacial score (nSPS) is 12.6. The fourth-order valence-corrected chi connectivity index (χ4v) is 2.36. The molecule has 0 spiro atoms. The Hall–Kier alpha value is -2.29. The average Bonchev–Trinajstić information content (AvgIpc) is 2.86. The second-order valence-electron chi connectivity index (χ2n) is 5.14. The molecule has 0 bridgehead atoms. The zero-order valence-corrected chi connectivity index (χ0v) is 12.0. The predicted molar refractivity (Wildman–Crippen MR) is 82.0 cm³/mol. The molecule has 2 heterocycles. The van der Waals surface area contributed by atoms with Gasteiger partial charge in [0.25, 0.3) is 0 Å². The number of rotatable bonds is 3. The molecule has 3 rings (SSSR count). The molecular formula is C17H18N2O. The standard InChI is InChI=1S/C17H18N2O/c1-11-8-9-15(12(2)18-11)19-13(3)17-10-14-6-4-5-7-16(14)20-17/h4-10,13,19H,1-3H3. The summed E-state index contributed by atoms with van der Waals surface area (Å²) < 4.78 is 5.88. The maximum atomic E-state index is 5.88. The summed E-state index contributed by atoms with van der Waals surface area (Å²) in [6, 6.07) is 14.3. The summed E-state index contributed by atoms with van der Waals surface area (Å²) in [5.74, 6) is 0.936. The van der Waals surface area contributed by atoms with Gasteiger partial charge in [-0.05, 0) is 45.0 Å². The molecule has 0 aliphatic heterocycles. The Labute approximate surface area is 118 Å². The molecule has 20 heavy (non-hydrogen) atoms. The van der Waals surface area contributed by atoms with Crippen molar-refractivity contribution in [2.75, 3.05) is 5.32 Å². The summed E-state index contributed by atoms with van der Waals surface area (Å²) >= 11 is 0. The number of hydrogen-bond acceptors (Lipinski definition) is 3. The molecule has 1 aromatic carbocycles. The molecule has 2 aromatic heterocycles. The van der Waals surface area contributed by atoms with E-state index < -0.39 is 0 Å². The Morgan fingerprint density at radius 2 is 1.90 bits per heavy atom. The van der Waals surface area contributed by atoms with Gasteiger partial charge in [-0.3, -0.25) is 4.98 Å². The van der Waals surface area contributed by atoms with Gasteiger partial charge in [0, 0.05) is 11.1 Å². The van der Waals surface area contributed by atoms with Crippen molar-refractivity contribution in [3.05, 3.63) is 59.6 Å². The molecule has 3 nitrogen and oxygen atoms in total. The minimum absolute atomic E-state index is 0.102. The Kier molecular flexibility index (Phi) is 3.18. The number of aryl methyl sites for hydroxylation is 2. The van der Waals surface area contributed by atoms with Gasteiger partial charge in [0.2, 0.25) is 0 Å². The lowest BCUT2D eigenvalue weighted by Gasteiger charge is -2.14. The van der Waals surface area contributed by atoms with Gasteiger partial charge >= 0.3 is 0 Å². The number of fused-ring (bicyclic) bond motifs is 1. The summed E-state index contributed by atoms with van der Waals surface area (Å²) in [7, 11) is 0. The van der Waals surface area contributed by atoms with Crippen molar-refractivity contribution >= 4 is 16.7 Å². The van der Waals surface area contributed by atoms with Crippen LogP contribution in [-0.2, 0) is 0 Å². The van der Waals surface area contributed by atoms with E-state index in [-0.39, 0.29) is 6.04 Å². The van der Waals surface area contributed by atoms with Crippen LogP contribution in [0, 0.1) is 13.8 Å². The van der Waals surface area contributed by atoms with E-state index in [2.05, 4.69) is 35.4 Å². The molecular weight excluding hydrogens is 248 g/mol. The fourth-order valence-electron chi connectivity index (χ4n) is 2.36. The number of benzene rings is 1. The summed E-state index contributed by atoms with van der Waals surface area (Å²) in [6.07, 6.45) is 0. The number of hydrogen-bond donors (Lipinski definition) is 1. The Morgan fingerprint density at radius 3 is 2.65 bits per heavy atom. The maximum absolute atomic E-state index is 5.88. The van der Waals surface area contributed by atoms with Gasteiger partial charge in [-0.25, -0.2) is 0 Å². The molecule has 0 saturated carbocycles. The summed E-state index contributed by atoms with van der Waals surface area (Å²) in [5.41, 5.74) is 4.01. The van der Waals surface area contributed by atoms with Gasteiger partial charge in [0.1, 0.15) is 11.3 Å². The van der Waals surface area contributed by atoms with E-state index in [0.29, 0.717) is 0 Å². The number of furan rings is 1. The molecule has 0 radical (unpaired) electrons. The molecule has 1 atom stereocenters. The zero-order valence-electron chi connectivity index (χ0n) is 12.0. The third-order valence-corrected chi connectivity index (χ3v) is 3.47. The minimum Gasteiger partial charge on any atom is -0.459 e. The third kappa shape index (κ3) is 2.39. The predicted octanol–water partition coefficient (Wildman–Crippen LogP) is 4.62. The van der Waals surface area contributed by atoms with Crippen molar-refractivity contribution < 1.29 is 4.42 Å². The topological polar surface area (TPSA) is 38.1 Å². The molecule has 3 aromatic rings. The van der Waals surface area contributed by atoms with Gasteiger partial charge in [-0.2, -0.15) is 0 Å². The summed E-state index contributed by atoms with van der Waals surface area (Å²) in [5, 5.41) is 4.59. The number of para-hydroxylation sites is 1. The van der Waals surface area contributed by atoms with Crippen molar-refractivity contribution in [3.63, 3.8) is 0 Å².